The molecule has 8 heteroatoms. The molecule has 22 heavy (non-hydrogen) atoms. The van der Waals surface area contributed by atoms with Gasteiger partial charge in [-0.1, -0.05) is 19.1 Å². The Morgan fingerprint density at radius 1 is 1.50 bits per heavy atom. The largest absolute Gasteiger partial charge is 0.364 e. The minimum Gasteiger partial charge on any atom is -0.364 e. The Labute approximate surface area is 126 Å². The first kappa shape index (κ1) is 15.2. The molecule has 1 atom stereocenters. The summed E-state index contributed by atoms with van der Waals surface area (Å²) in [6.45, 7) is 1.93. The number of benzene rings is 1. The van der Waals surface area contributed by atoms with E-state index in [1.807, 2.05) is 6.92 Å². The lowest BCUT2D eigenvalue weighted by atomic mass is 9.94. The second-order valence-corrected chi connectivity index (χ2v) is 4.76. The first-order valence-corrected chi connectivity index (χ1v) is 6.51. The number of carbonyl (C=O) groups is 2. The molecule has 0 fully saturated rings. The van der Waals surface area contributed by atoms with Crippen LogP contribution in [0.4, 0.5) is 5.69 Å². The number of rotatable bonds is 4. The topological polar surface area (TPSA) is 133 Å². The number of hydrogen-bond donors (Lipinski definition) is 3. The molecule has 0 saturated heterocycles. The van der Waals surface area contributed by atoms with Crippen molar-refractivity contribution in [3.8, 4) is 6.07 Å². The van der Waals surface area contributed by atoms with Gasteiger partial charge in [-0.15, -0.1) is 0 Å². The summed E-state index contributed by atoms with van der Waals surface area (Å²) in [6, 6.07) is 8.66. The number of nitrogens with two attached hydrogens (primary N) is 1. The van der Waals surface area contributed by atoms with E-state index in [1.165, 1.54) is 0 Å². The van der Waals surface area contributed by atoms with E-state index in [0.29, 0.717) is 12.1 Å². The summed E-state index contributed by atoms with van der Waals surface area (Å²) < 4.78 is 0. The molecule has 112 valence electrons. The van der Waals surface area contributed by atoms with E-state index in [4.69, 9.17) is 11.0 Å². The fourth-order valence-corrected chi connectivity index (χ4v) is 1.97. The van der Waals surface area contributed by atoms with Gasteiger partial charge in [0.1, 0.15) is 6.07 Å². The second kappa shape index (κ2) is 6.49. The minimum atomic E-state index is -0.896. The molecule has 0 bridgehead atoms. The Morgan fingerprint density at radius 3 is 2.73 bits per heavy atom. The Kier molecular flexibility index (Phi) is 4.48. The fourth-order valence-electron chi connectivity index (χ4n) is 1.97. The van der Waals surface area contributed by atoms with Crippen molar-refractivity contribution in [2.45, 2.75) is 13.3 Å². The molecule has 1 aromatic carbocycles. The molecular formula is C14H14N6O2. The number of nitrogens with zero attached hydrogens (tertiary/aromatic N) is 3. The maximum atomic E-state index is 11.2. The van der Waals surface area contributed by atoms with Crippen LogP contribution in [0.3, 0.4) is 0 Å². The van der Waals surface area contributed by atoms with Gasteiger partial charge in [0.2, 0.25) is 11.6 Å². The first-order valence-electron chi connectivity index (χ1n) is 6.51. The molecule has 1 aliphatic rings. The minimum absolute atomic E-state index is 0.0330. The molecule has 1 aliphatic heterocycles. The highest BCUT2D eigenvalue weighted by atomic mass is 16.2. The highest BCUT2D eigenvalue weighted by molar-refractivity contribution is 6.44. The predicted octanol–water partition coefficient (Wildman–Crippen LogP) is 0.323. The normalized spacial score (nSPS) is 18.0. The molecule has 2 rings (SSSR count). The van der Waals surface area contributed by atoms with Gasteiger partial charge >= 0.3 is 0 Å². The molecule has 8 nitrogen and oxygen atoms in total. The van der Waals surface area contributed by atoms with Crippen LogP contribution in [-0.2, 0) is 9.59 Å². The highest BCUT2D eigenvalue weighted by Gasteiger charge is 2.21. The van der Waals surface area contributed by atoms with Crippen LogP contribution in [0.25, 0.3) is 0 Å². The molecule has 1 heterocycles. The van der Waals surface area contributed by atoms with Gasteiger partial charge in [-0.3, -0.25) is 15.0 Å². The van der Waals surface area contributed by atoms with Crippen molar-refractivity contribution < 1.29 is 9.59 Å². The Balaban J connectivity index is 2.13. The average molecular weight is 298 g/mol. The number of hydrogen-bond acceptors (Lipinski definition) is 6. The number of anilines is 1. The maximum Gasteiger partial charge on any atom is 0.280 e. The van der Waals surface area contributed by atoms with Crippen molar-refractivity contribution in [2.24, 2.45) is 21.9 Å². The monoisotopic (exact) mass is 298 g/mol. The van der Waals surface area contributed by atoms with Crippen LogP contribution in [-0.4, -0.2) is 23.2 Å². The van der Waals surface area contributed by atoms with Gasteiger partial charge in [-0.25, -0.2) is 5.43 Å². The van der Waals surface area contributed by atoms with Crippen LogP contribution in [0.2, 0.25) is 0 Å². The van der Waals surface area contributed by atoms with Gasteiger partial charge in [-0.05, 0) is 17.7 Å². The number of nitrogens with one attached hydrogen (secondary N) is 2. The van der Waals surface area contributed by atoms with Gasteiger partial charge in [-0.2, -0.15) is 15.5 Å². The standard InChI is InChI=1S/C14H14N6O2/c1-8-6-12(21)19-20-13(8)9-2-4-10(5-3-9)17-18-11(7-15)14(16)22/h2-5,8,17H,6H2,1H3,(H2,16,22)(H,19,21)/b18-11+/t8-/m1/s1. The molecule has 0 spiro atoms. The first-order chi connectivity index (χ1) is 10.5. The smallest absolute Gasteiger partial charge is 0.280 e. The van der Waals surface area contributed by atoms with Gasteiger partial charge in [0.15, 0.2) is 0 Å². The van der Waals surface area contributed by atoms with E-state index < -0.39 is 11.6 Å². The van der Waals surface area contributed by atoms with Crippen LogP contribution < -0.4 is 16.6 Å². The summed E-state index contributed by atoms with van der Waals surface area (Å²) in [4.78, 5) is 22.1. The molecule has 4 N–H and O–H groups in total. The van der Waals surface area contributed by atoms with Gasteiger partial charge < -0.3 is 5.73 Å². The van der Waals surface area contributed by atoms with E-state index in [1.54, 1.807) is 30.3 Å². The molecular weight excluding hydrogens is 284 g/mol. The van der Waals surface area contributed by atoms with E-state index in [-0.39, 0.29) is 11.8 Å². The third-order valence-electron chi connectivity index (χ3n) is 3.08. The van der Waals surface area contributed by atoms with Crippen molar-refractivity contribution in [1.82, 2.24) is 5.43 Å². The number of amides is 2. The zero-order valence-electron chi connectivity index (χ0n) is 11.8. The van der Waals surface area contributed by atoms with Crippen LogP contribution in [0.1, 0.15) is 18.9 Å². The summed E-state index contributed by atoms with van der Waals surface area (Å²) in [5.74, 6) is -0.960. The summed E-state index contributed by atoms with van der Waals surface area (Å²) in [5, 5.41) is 16.4. The predicted molar refractivity (Wildman–Crippen MR) is 80.8 cm³/mol. The van der Waals surface area contributed by atoms with Crippen molar-refractivity contribution in [1.29, 1.82) is 5.26 Å². The Hall–Kier alpha value is -3.21. The Morgan fingerprint density at radius 2 is 2.18 bits per heavy atom. The Bertz CT molecular complexity index is 699. The lowest BCUT2D eigenvalue weighted by Gasteiger charge is -2.19. The average Bonchev–Trinajstić information content (AvgIpc) is 2.48. The zero-order chi connectivity index (χ0) is 16.1. The summed E-state index contributed by atoms with van der Waals surface area (Å²) in [7, 11) is 0. The van der Waals surface area contributed by atoms with Gasteiger partial charge in [0.05, 0.1) is 11.4 Å². The molecule has 0 aliphatic carbocycles. The van der Waals surface area contributed by atoms with Crippen LogP contribution in [0.5, 0.6) is 0 Å². The van der Waals surface area contributed by atoms with Crippen molar-refractivity contribution in [2.75, 3.05) is 5.43 Å². The van der Waals surface area contributed by atoms with Crippen molar-refractivity contribution in [3.63, 3.8) is 0 Å². The fraction of sp³-hybridized carbons (Fsp3) is 0.214. The lowest BCUT2D eigenvalue weighted by molar-refractivity contribution is -0.121. The van der Waals surface area contributed by atoms with E-state index in [9.17, 15) is 9.59 Å². The van der Waals surface area contributed by atoms with E-state index in [2.05, 4.69) is 21.1 Å². The second-order valence-electron chi connectivity index (χ2n) is 4.76. The van der Waals surface area contributed by atoms with Gasteiger partial charge in [0, 0.05) is 12.3 Å². The summed E-state index contributed by atoms with van der Waals surface area (Å²) in [5.41, 5.74) is 11.9. The third-order valence-corrected chi connectivity index (χ3v) is 3.08. The molecule has 0 radical (unpaired) electrons. The zero-order valence-corrected chi connectivity index (χ0v) is 11.8. The molecule has 1 aromatic rings. The van der Waals surface area contributed by atoms with Crippen LogP contribution in [0, 0.1) is 17.2 Å². The van der Waals surface area contributed by atoms with E-state index >= 15 is 0 Å². The number of hydrazone groups is 2. The van der Waals surface area contributed by atoms with Crippen molar-refractivity contribution in [3.05, 3.63) is 29.8 Å². The summed E-state index contributed by atoms with van der Waals surface area (Å²) in [6.07, 6.45) is 0.396. The molecule has 0 saturated carbocycles. The maximum absolute atomic E-state index is 11.2. The molecule has 2 amide bonds. The molecule has 0 aromatic heterocycles. The highest BCUT2D eigenvalue weighted by Crippen LogP contribution is 2.18. The van der Waals surface area contributed by atoms with Crippen LogP contribution in [0.15, 0.2) is 34.5 Å². The number of nitriles is 1. The quantitative estimate of drug-likeness (QED) is 0.545. The van der Waals surface area contributed by atoms with E-state index in [0.717, 1.165) is 11.3 Å². The number of primary amides is 1. The van der Waals surface area contributed by atoms with Gasteiger partial charge in [0.25, 0.3) is 5.91 Å². The lowest BCUT2D eigenvalue weighted by Crippen LogP contribution is -2.31. The van der Waals surface area contributed by atoms with Crippen molar-refractivity contribution >= 4 is 28.9 Å². The SMILES string of the molecule is C[C@@H]1CC(=O)NN=C1c1ccc(N/N=C(\C#N)C(N)=O)cc1. The number of carbonyl (C=O) groups excluding carboxylic acids is 2. The molecule has 0 unspecified atom stereocenters. The summed E-state index contributed by atoms with van der Waals surface area (Å²) >= 11 is 0. The third kappa shape index (κ3) is 3.46. The van der Waals surface area contributed by atoms with Crippen LogP contribution >= 0.6 is 0 Å².